The van der Waals surface area contributed by atoms with Crippen molar-refractivity contribution in [2.75, 3.05) is 5.73 Å². The Labute approximate surface area is 144 Å². The van der Waals surface area contributed by atoms with Gasteiger partial charge in [-0.05, 0) is 17.5 Å². The van der Waals surface area contributed by atoms with Crippen molar-refractivity contribution < 1.29 is 9.59 Å². The van der Waals surface area contributed by atoms with Crippen molar-refractivity contribution in [2.45, 2.75) is 0 Å². The summed E-state index contributed by atoms with van der Waals surface area (Å²) in [6, 6.07) is 12.2. The summed E-state index contributed by atoms with van der Waals surface area (Å²) in [5.74, 6) is -1.25. The highest BCUT2D eigenvalue weighted by molar-refractivity contribution is 9.10. The lowest BCUT2D eigenvalue weighted by molar-refractivity contribution is 0.0880. The van der Waals surface area contributed by atoms with Gasteiger partial charge in [0.25, 0.3) is 17.4 Å². The monoisotopic (exact) mass is 383 g/mol. The molecule has 0 spiro atoms. The molecule has 24 heavy (non-hydrogen) atoms. The number of pyridine rings is 1. The van der Waals surface area contributed by atoms with Crippen molar-refractivity contribution in [1.29, 1.82) is 0 Å². The molecule has 1 aliphatic rings. The van der Waals surface area contributed by atoms with Gasteiger partial charge in [-0.3, -0.25) is 24.3 Å². The van der Waals surface area contributed by atoms with Crippen molar-refractivity contribution in [3.8, 4) is 5.69 Å². The van der Waals surface area contributed by atoms with Gasteiger partial charge >= 0.3 is 0 Å². The SMILES string of the molecule is Nc1c2c(cc(=O)n1-c1ccc(Br)c3ccccc13)C(=O)NC2=O. The largest absolute Gasteiger partial charge is 0.384 e. The third kappa shape index (κ3) is 1.91. The number of amides is 2. The van der Waals surface area contributed by atoms with Crippen LogP contribution in [0.25, 0.3) is 16.5 Å². The number of nitrogens with zero attached hydrogens (tertiary/aromatic N) is 1. The molecule has 7 heteroatoms. The van der Waals surface area contributed by atoms with E-state index in [2.05, 4.69) is 21.2 Å². The number of halogens is 1. The molecule has 0 unspecified atom stereocenters. The highest BCUT2D eigenvalue weighted by Gasteiger charge is 2.32. The van der Waals surface area contributed by atoms with E-state index in [1.165, 1.54) is 4.57 Å². The lowest BCUT2D eigenvalue weighted by Crippen LogP contribution is -2.24. The zero-order valence-electron chi connectivity index (χ0n) is 12.2. The number of hydrogen-bond donors (Lipinski definition) is 2. The number of fused-ring (bicyclic) bond motifs is 2. The van der Waals surface area contributed by atoms with Crippen LogP contribution in [0.5, 0.6) is 0 Å². The number of carbonyl (C=O) groups is 2. The van der Waals surface area contributed by atoms with E-state index in [0.717, 1.165) is 21.3 Å². The van der Waals surface area contributed by atoms with E-state index < -0.39 is 17.4 Å². The van der Waals surface area contributed by atoms with Crippen molar-refractivity contribution in [1.82, 2.24) is 9.88 Å². The van der Waals surface area contributed by atoms with E-state index in [9.17, 15) is 14.4 Å². The highest BCUT2D eigenvalue weighted by Crippen LogP contribution is 2.31. The molecule has 0 fully saturated rings. The molecule has 0 atom stereocenters. The molecule has 1 aromatic heterocycles. The molecular weight excluding hydrogens is 374 g/mol. The van der Waals surface area contributed by atoms with E-state index in [0.29, 0.717) is 5.69 Å². The van der Waals surface area contributed by atoms with Crippen LogP contribution in [0.2, 0.25) is 0 Å². The smallest absolute Gasteiger partial charge is 0.262 e. The van der Waals surface area contributed by atoms with Gasteiger partial charge in [0, 0.05) is 15.9 Å². The summed E-state index contributed by atoms with van der Waals surface area (Å²) >= 11 is 3.48. The van der Waals surface area contributed by atoms with Gasteiger partial charge < -0.3 is 5.73 Å². The quantitative estimate of drug-likeness (QED) is 0.629. The Hall–Kier alpha value is -2.93. The number of carbonyl (C=O) groups excluding carboxylic acids is 2. The van der Waals surface area contributed by atoms with E-state index in [4.69, 9.17) is 5.73 Å². The van der Waals surface area contributed by atoms with Gasteiger partial charge in [-0.1, -0.05) is 40.2 Å². The first-order valence-electron chi connectivity index (χ1n) is 7.08. The third-order valence-corrected chi connectivity index (χ3v) is 4.73. The average molecular weight is 384 g/mol. The number of aromatic nitrogens is 1. The highest BCUT2D eigenvalue weighted by atomic mass is 79.9. The number of imide groups is 1. The summed E-state index contributed by atoms with van der Waals surface area (Å²) < 4.78 is 2.13. The minimum Gasteiger partial charge on any atom is -0.384 e. The standard InChI is InChI=1S/C17H10BrN3O3/c18-11-5-6-12(9-4-2-1-3-8(9)11)21-13(22)7-10-14(15(21)19)17(24)20-16(10)23/h1-7H,19H2,(H,20,23,24). The summed E-state index contributed by atoms with van der Waals surface area (Å²) in [6.07, 6.45) is 0. The number of nitrogens with two attached hydrogens (primary N) is 1. The lowest BCUT2D eigenvalue weighted by Gasteiger charge is -2.14. The van der Waals surface area contributed by atoms with Gasteiger partial charge in [-0.15, -0.1) is 0 Å². The Balaban J connectivity index is 2.12. The fraction of sp³-hybridized carbons (Fsp3) is 0. The molecule has 0 bridgehead atoms. The first-order valence-corrected chi connectivity index (χ1v) is 7.87. The Morgan fingerprint density at radius 3 is 2.42 bits per heavy atom. The normalized spacial score (nSPS) is 13.2. The number of hydrogen-bond acceptors (Lipinski definition) is 4. The van der Waals surface area contributed by atoms with Crippen LogP contribution in [0, 0.1) is 0 Å². The maximum Gasteiger partial charge on any atom is 0.262 e. The molecule has 2 aromatic carbocycles. The Kier molecular flexibility index (Phi) is 3.07. The topological polar surface area (TPSA) is 94.2 Å². The molecule has 6 nitrogen and oxygen atoms in total. The fourth-order valence-corrected chi connectivity index (χ4v) is 3.45. The molecule has 0 aliphatic carbocycles. The van der Waals surface area contributed by atoms with E-state index in [-0.39, 0.29) is 16.9 Å². The van der Waals surface area contributed by atoms with Gasteiger partial charge in [0.1, 0.15) is 5.82 Å². The minimum absolute atomic E-state index is 0.0140. The van der Waals surface area contributed by atoms with Crippen LogP contribution < -0.4 is 16.6 Å². The maximum atomic E-state index is 12.6. The predicted octanol–water partition coefficient (Wildman–Crippen LogP) is 2.22. The molecule has 0 saturated carbocycles. The molecule has 1 aliphatic heterocycles. The van der Waals surface area contributed by atoms with Crippen LogP contribution in [0.1, 0.15) is 20.7 Å². The Bertz CT molecular complexity index is 1120. The molecule has 0 radical (unpaired) electrons. The van der Waals surface area contributed by atoms with Crippen molar-refractivity contribution >= 4 is 44.3 Å². The second kappa shape index (κ2) is 5.04. The summed E-state index contributed by atoms with van der Waals surface area (Å²) in [5.41, 5.74) is 6.21. The lowest BCUT2D eigenvalue weighted by atomic mass is 10.1. The zero-order valence-corrected chi connectivity index (χ0v) is 13.8. The fourth-order valence-electron chi connectivity index (χ4n) is 2.97. The Morgan fingerprint density at radius 1 is 0.958 bits per heavy atom. The van der Waals surface area contributed by atoms with Gasteiger partial charge in [0.2, 0.25) is 0 Å². The van der Waals surface area contributed by atoms with Crippen LogP contribution in [0.4, 0.5) is 5.82 Å². The summed E-state index contributed by atoms with van der Waals surface area (Å²) in [4.78, 5) is 36.3. The van der Waals surface area contributed by atoms with Crippen LogP contribution in [0.15, 0.2) is 51.7 Å². The molecular formula is C17H10BrN3O3. The molecule has 118 valence electrons. The Morgan fingerprint density at radius 2 is 1.67 bits per heavy atom. The van der Waals surface area contributed by atoms with Gasteiger partial charge in [0.05, 0.1) is 16.8 Å². The number of benzene rings is 2. The molecule has 0 saturated heterocycles. The van der Waals surface area contributed by atoms with E-state index in [1.54, 1.807) is 6.07 Å². The number of nitrogens with one attached hydrogen (secondary N) is 1. The molecule has 3 N–H and O–H groups in total. The molecule has 2 amide bonds. The van der Waals surface area contributed by atoms with Crippen LogP contribution in [0.3, 0.4) is 0 Å². The number of rotatable bonds is 1. The van der Waals surface area contributed by atoms with Crippen molar-refractivity contribution in [3.63, 3.8) is 0 Å². The molecule has 2 heterocycles. The van der Waals surface area contributed by atoms with Crippen molar-refractivity contribution in [2.24, 2.45) is 0 Å². The third-order valence-electron chi connectivity index (χ3n) is 4.04. The molecule has 4 rings (SSSR count). The maximum absolute atomic E-state index is 12.6. The van der Waals surface area contributed by atoms with E-state index in [1.807, 2.05) is 30.3 Å². The number of nitrogen functional groups attached to an aromatic ring is 1. The molecule has 3 aromatic rings. The summed E-state index contributed by atoms with van der Waals surface area (Å²) in [5, 5.41) is 3.86. The second-order valence-electron chi connectivity index (χ2n) is 5.39. The van der Waals surface area contributed by atoms with E-state index >= 15 is 0 Å². The van der Waals surface area contributed by atoms with Gasteiger partial charge in [-0.25, -0.2) is 0 Å². The number of anilines is 1. The van der Waals surface area contributed by atoms with Crippen molar-refractivity contribution in [3.05, 3.63) is 68.4 Å². The van der Waals surface area contributed by atoms with Crippen LogP contribution in [-0.2, 0) is 0 Å². The minimum atomic E-state index is -0.605. The van der Waals surface area contributed by atoms with Crippen LogP contribution in [-0.4, -0.2) is 16.4 Å². The summed E-state index contributed by atoms with van der Waals surface area (Å²) in [7, 11) is 0. The van der Waals surface area contributed by atoms with Crippen LogP contribution >= 0.6 is 15.9 Å². The second-order valence-corrected chi connectivity index (χ2v) is 6.24. The zero-order chi connectivity index (χ0) is 17.0. The average Bonchev–Trinajstić information content (AvgIpc) is 2.84. The first kappa shape index (κ1) is 14.6. The summed E-state index contributed by atoms with van der Waals surface area (Å²) in [6.45, 7) is 0. The van der Waals surface area contributed by atoms with Gasteiger partial charge in [0.15, 0.2) is 0 Å². The predicted molar refractivity (Wildman–Crippen MR) is 93.5 cm³/mol. The first-order chi connectivity index (χ1) is 11.5. The van der Waals surface area contributed by atoms with Gasteiger partial charge in [-0.2, -0.15) is 0 Å².